The fourth-order valence-corrected chi connectivity index (χ4v) is 1.88. The second-order valence-corrected chi connectivity index (χ2v) is 4.69. The first-order chi connectivity index (χ1) is 10.8. The Morgan fingerprint density at radius 3 is 2.77 bits per heavy atom. The minimum atomic E-state index is -0.726. The standard InChI is InChI=1S/C15H15N5O2/c21-13(11-22-14-6-2-1-3-7-14)10-20-18-15(17-19-20)12-5-4-8-16-9-12/h1-9,13,21H,10-11H2. The van der Waals surface area contributed by atoms with Crippen molar-refractivity contribution in [3.63, 3.8) is 0 Å². The molecule has 0 amide bonds. The molecule has 2 heterocycles. The van der Waals surface area contributed by atoms with Crippen molar-refractivity contribution in [2.24, 2.45) is 0 Å². The minimum absolute atomic E-state index is 0.160. The smallest absolute Gasteiger partial charge is 0.206 e. The number of benzene rings is 1. The number of ether oxygens (including phenoxy) is 1. The van der Waals surface area contributed by atoms with Gasteiger partial charge in [-0.15, -0.1) is 10.2 Å². The van der Waals surface area contributed by atoms with Gasteiger partial charge in [0.2, 0.25) is 5.82 Å². The maximum absolute atomic E-state index is 9.98. The van der Waals surface area contributed by atoms with Crippen LogP contribution in [0, 0.1) is 0 Å². The lowest BCUT2D eigenvalue weighted by atomic mass is 10.3. The van der Waals surface area contributed by atoms with Crippen LogP contribution in [0.3, 0.4) is 0 Å². The normalized spacial score (nSPS) is 12.0. The molecule has 1 unspecified atom stereocenters. The van der Waals surface area contributed by atoms with Gasteiger partial charge in [-0.1, -0.05) is 18.2 Å². The molecule has 0 aliphatic heterocycles. The van der Waals surface area contributed by atoms with Crippen molar-refractivity contribution in [3.8, 4) is 17.1 Å². The lowest BCUT2D eigenvalue weighted by molar-refractivity contribution is 0.0850. The van der Waals surface area contributed by atoms with Gasteiger partial charge < -0.3 is 9.84 Å². The summed E-state index contributed by atoms with van der Waals surface area (Å²) in [6.07, 6.45) is 2.62. The average Bonchev–Trinajstić information content (AvgIpc) is 3.03. The molecule has 0 aliphatic carbocycles. The van der Waals surface area contributed by atoms with E-state index in [4.69, 9.17) is 4.74 Å². The quantitative estimate of drug-likeness (QED) is 0.735. The fraction of sp³-hybridized carbons (Fsp3) is 0.200. The molecule has 1 aromatic carbocycles. The highest BCUT2D eigenvalue weighted by Crippen LogP contribution is 2.11. The van der Waals surface area contributed by atoms with Crippen LogP contribution in [0.15, 0.2) is 54.9 Å². The highest BCUT2D eigenvalue weighted by atomic mass is 16.5. The Morgan fingerprint density at radius 2 is 2.00 bits per heavy atom. The van der Waals surface area contributed by atoms with Gasteiger partial charge in [0.05, 0.1) is 6.54 Å². The third-order valence-electron chi connectivity index (χ3n) is 2.93. The summed E-state index contributed by atoms with van der Waals surface area (Å²) in [6.45, 7) is 0.369. The highest BCUT2D eigenvalue weighted by molar-refractivity contribution is 5.51. The summed E-state index contributed by atoms with van der Waals surface area (Å²) < 4.78 is 5.48. The van der Waals surface area contributed by atoms with Gasteiger partial charge in [0, 0.05) is 18.0 Å². The van der Waals surface area contributed by atoms with Gasteiger partial charge in [0.1, 0.15) is 18.5 Å². The number of aliphatic hydroxyl groups is 1. The third kappa shape index (κ3) is 3.64. The van der Waals surface area contributed by atoms with E-state index >= 15 is 0 Å². The van der Waals surface area contributed by atoms with Crippen LogP contribution in [0.25, 0.3) is 11.4 Å². The van der Waals surface area contributed by atoms with Gasteiger partial charge in [-0.05, 0) is 29.5 Å². The van der Waals surface area contributed by atoms with Crippen LogP contribution >= 0.6 is 0 Å². The number of pyridine rings is 1. The molecule has 7 heteroatoms. The van der Waals surface area contributed by atoms with Gasteiger partial charge in [0.15, 0.2) is 0 Å². The SMILES string of the molecule is OC(COc1ccccc1)Cn1nnc(-c2cccnc2)n1. The lowest BCUT2D eigenvalue weighted by Gasteiger charge is -2.11. The molecule has 0 spiro atoms. The van der Waals surface area contributed by atoms with Crippen LogP contribution in [-0.4, -0.2) is 43.0 Å². The molecule has 1 atom stereocenters. The first-order valence-corrected chi connectivity index (χ1v) is 6.85. The molecular formula is C15H15N5O2. The van der Waals surface area contributed by atoms with E-state index in [1.807, 2.05) is 36.4 Å². The minimum Gasteiger partial charge on any atom is -0.491 e. The Hall–Kier alpha value is -2.80. The van der Waals surface area contributed by atoms with Gasteiger partial charge in [0.25, 0.3) is 0 Å². The van der Waals surface area contributed by atoms with E-state index in [0.29, 0.717) is 11.6 Å². The van der Waals surface area contributed by atoms with Crippen LogP contribution in [0.4, 0.5) is 0 Å². The molecule has 22 heavy (non-hydrogen) atoms. The van der Waals surface area contributed by atoms with Crippen LogP contribution in [0.5, 0.6) is 5.75 Å². The summed E-state index contributed by atoms with van der Waals surface area (Å²) >= 11 is 0. The highest BCUT2D eigenvalue weighted by Gasteiger charge is 2.11. The Bertz CT molecular complexity index is 702. The van der Waals surface area contributed by atoms with Crippen LogP contribution in [0.2, 0.25) is 0 Å². The molecular weight excluding hydrogens is 282 g/mol. The molecule has 3 aromatic rings. The monoisotopic (exact) mass is 297 g/mol. The van der Waals surface area contributed by atoms with E-state index in [0.717, 1.165) is 5.56 Å². The third-order valence-corrected chi connectivity index (χ3v) is 2.93. The van der Waals surface area contributed by atoms with E-state index in [1.54, 1.807) is 18.5 Å². The van der Waals surface area contributed by atoms with Gasteiger partial charge >= 0.3 is 0 Å². The maximum Gasteiger partial charge on any atom is 0.206 e. The van der Waals surface area contributed by atoms with Crippen molar-refractivity contribution in [2.45, 2.75) is 12.6 Å². The number of para-hydroxylation sites is 1. The number of nitrogens with zero attached hydrogens (tertiary/aromatic N) is 5. The maximum atomic E-state index is 9.98. The van der Waals surface area contributed by atoms with Crippen molar-refractivity contribution >= 4 is 0 Å². The number of tetrazole rings is 1. The van der Waals surface area contributed by atoms with Gasteiger partial charge in [-0.3, -0.25) is 4.98 Å². The Labute approximate surface area is 127 Å². The van der Waals surface area contributed by atoms with E-state index in [1.165, 1.54) is 4.80 Å². The van der Waals surface area contributed by atoms with Crippen molar-refractivity contribution in [1.82, 2.24) is 25.2 Å². The lowest BCUT2D eigenvalue weighted by Crippen LogP contribution is -2.24. The second-order valence-electron chi connectivity index (χ2n) is 4.69. The van der Waals surface area contributed by atoms with Crippen molar-refractivity contribution < 1.29 is 9.84 Å². The van der Waals surface area contributed by atoms with E-state index in [-0.39, 0.29) is 13.2 Å². The molecule has 0 saturated carbocycles. The van der Waals surface area contributed by atoms with Crippen molar-refractivity contribution in [3.05, 3.63) is 54.9 Å². The van der Waals surface area contributed by atoms with Gasteiger partial charge in [-0.25, -0.2) is 0 Å². The Balaban J connectivity index is 1.56. The number of rotatable bonds is 6. The summed E-state index contributed by atoms with van der Waals surface area (Å²) in [5.41, 5.74) is 0.781. The molecule has 0 radical (unpaired) electrons. The second kappa shape index (κ2) is 6.77. The first kappa shape index (κ1) is 14.2. The summed E-state index contributed by atoms with van der Waals surface area (Å²) in [7, 11) is 0. The van der Waals surface area contributed by atoms with E-state index < -0.39 is 6.10 Å². The topological polar surface area (TPSA) is 86.0 Å². The average molecular weight is 297 g/mol. The molecule has 0 bridgehead atoms. The van der Waals surface area contributed by atoms with Gasteiger partial charge in [-0.2, -0.15) is 4.80 Å². The predicted molar refractivity (Wildman–Crippen MR) is 79.0 cm³/mol. The fourth-order valence-electron chi connectivity index (χ4n) is 1.88. The molecule has 7 nitrogen and oxygen atoms in total. The van der Waals surface area contributed by atoms with E-state index in [9.17, 15) is 5.11 Å². The molecule has 3 rings (SSSR count). The zero-order valence-corrected chi connectivity index (χ0v) is 11.8. The van der Waals surface area contributed by atoms with Crippen molar-refractivity contribution in [1.29, 1.82) is 0 Å². The Kier molecular flexibility index (Phi) is 4.35. The summed E-state index contributed by atoms with van der Waals surface area (Å²) in [5, 5.41) is 22.1. The molecule has 0 aliphatic rings. The number of hydrogen-bond acceptors (Lipinski definition) is 6. The molecule has 0 fully saturated rings. The zero-order chi connectivity index (χ0) is 15.2. The summed E-state index contributed by atoms with van der Waals surface area (Å²) in [6, 6.07) is 13.0. The zero-order valence-electron chi connectivity index (χ0n) is 11.8. The molecule has 2 aromatic heterocycles. The molecule has 0 saturated heterocycles. The summed E-state index contributed by atoms with van der Waals surface area (Å²) in [4.78, 5) is 5.36. The van der Waals surface area contributed by atoms with E-state index in [2.05, 4.69) is 20.4 Å². The van der Waals surface area contributed by atoms with Crippen LogP contribution in [0.1, 0.15) is 0 Å². The number of aliphatic hydroxyl groups excluding tert-OH is 1. The van der Waals surface area contributed by atoms with Crippen LogP contribution in [-0.2, 0) is 6.54 Å². The Morgan fingerprint density at radius 1 is 1.14 bits per heavy atom. The largest absolute Gasteiger partial charge is 0.491 e. The predicted octanol–water partition coefficient (Wildman–Crippen LogP) is 1.17. The number of hydrogen-bond donors (Lipinski definition) is 1. The number of aromatic nitrogens is 5. The summed E-state index contributed by atoms with van der Waals surface area (Å²) in [5.74, 6) is 1.19. The van der Waals surface area contributed by atoms with Crippen molar-refractivity contribution in [2.75, 3.05) is 6.61 Å². The molecule has 112 valence electrons. The molecule has 1 N–H and O–H groups in total. The van der Waals surface area contributed by atoms with Crippen LogP contribution < -0.4 is 4.74 Å². The first-order valence-electron chi connectivity index (χ1n) is 6.85.